The first-order valence-electron chi connectivity index (χ1n) is 5.92. The van der Waals surface area contributed by atoms with Gasteiger partial charge in [-0.15, -0.1) is 0 Å². The van der Waals surface area contributed by atoms with Gasteiger partial charge in [0.1, 0.15) is 0 Å². The van der Waals surface area contributed by atoms with Gasteiger partial charge in [-0.25, -0.2) is 4.72 Å². The fourth-order valence-corrected chi connectivity index (χ4v) is 2.94. The van der Waals surface area contributed by atoms with E-state index in [-0.39, 0.29) is 0 Å². The van der Waals surface area contributed by atoms with Gasteiger partial charge in [0.15, 0.2) is 0 Å². The molecule has 0 aromatic heterocycles. The van der Waals surface area contributed by atoms with Crippen molar-refractivity contribution in [3.8, 4) is 0 Å². The molecule has 1 rings (SSSR count). The molecule has 96 valence electrons. The van der Waals surface area contributed by atoms with Crippen LogP contribution < -0.4 is 4.72 Å². The monoisotopic (exact) mass is 250 g/mol. The van der Waals surface area contributed by atoms with E-state index in [1.54, 1.807) is 0 Å². The van der Waals surface area contributed by atoms with Crippen LogP contribution in [-0.4, -0.2) is 45.6 Å². The molecule has 1 aliphatic heterocycles. The van der Waals surface area contributed by atoms with Crippen molar-refractivity contribution in [2.75, 3.05) is 32.8 Å². The molecule has 0 aliphatic carbocycles. The Labute approximate surface area is 98.3 Å². The Morgan fingerprint density at radius 2 is 1.81 bits per heavy atom. The van der Waals surface area contributed by atoms with Crippen LogP contribution in [0.15, 0.2) is 0 Å². The van der Waals surface area contributed by atoms with Crippen molar-refractivity contribution in [1.82, 2.24) is 9.03 Å². The van der Waals surface area contributed by atoms with Gasteiger partial charge in [-0.2, -0.15) is 12.7 Å². The molecule has 0 saturated carbocycles. The average molecular weight is 250 g/mol. The van der Waals surface area contributed by atoms with Gasteiger partial charge in [-0.1, -0.05) is 26.7 Å². The summed E-state index contributed by atoms with van der Waals surface area (Å²) in [4.78, 5) is 0. The average Bonchev–Trinajstić information content (AvgIpc) is 2.31. The summed E-state index contributed by atoms with van der Waals surface area (Å²) in [5, 5.41) is 0. The van der Waals surface area contributed by atoms with E-state index in [2.05, 4.69) is 18.6 Å². The highest BCUT2D eigenvalue weighted by Crippen LogP contribution is 2.08. The Kier molecular flexibility index (Phi) is 5.68. The maximum atomic E-state index is 11.9. The Morgan fingerprint density at radius 3 is 2.31 bits per heavy atom. The maximum Gasteiger partial charge on any atom is 0.279 e. The standard InChI is InChI=1S/C10H22N2O3S/c1-3-10(4-2)9-11-16(13,14)12-5-7-15-8-6-12/h10-11H,3-9H2,1-2H3. The maximum absolute atomic E-state index is 11.9. The van der Waals surface area contributed by atoms with Gasteiger partial charge >= 0.3 is 0 Å². The lowest BCUT2D eigenvalue weighted by Gasteiger charge is -2.26. The summed E-state index contributed by atoms with van der Waals surface area (Å²) in [5.74, 6) is 0.427. The first-order valence-corrected chi connectivity index (χ1v) is 7.36. The Balaban J connectivity index is 2.44. The highest BCUT2D eigenvalue weighted by Gasteiger charge is 2.24. The predicted molar refractivity (Wildman–Crippen MR) is 63.4 cm³/mol. The second-order valence-corrected chi connectivity index (χ2v) is 5.80. The SMILES string of the molecule is CCC(CC)CNS(=O)(=O)N1CCOCC1. The fraction of sp³-hybridized carbons (Fsp3) is 1.00. The van der Waals surface area contributed by atoms with E-state index < -0.39 is 10.2 Å². The van der Waals surface area contributed by atoms with Crippen LogP contribution in [0.25, 0.3) is 0 Å². The topological polar surface area (TPSA) is 58.6 Å². The van der Waals surface area contributed by atoms with Crippen LogP contribution in [0.4, 0.5) is 0 Å². The van der Waals surface area contributed by atoms with Gasteiger partial charge in [0, 0.05) is 19.6 Å². The minimum atomic E-state index is -3.30. The lowest BCUT2D eigenvalue weighted by Crippen LogP contribution is -2.47. The zero-order valence-electron chi connectivity index (χ0n) is 10.1. The van der Waals surface area contributed by atoms with Crippen molar-refractivity contribution >= 4 is 10.2 Å². The number of morpholine rings is 1. The lowest BCUT2D eigenvalue weighted by molar-refractivity contribution is 0.0724. The summed E-state index contributed by atoms with van der Waals surface area (Å²) >= 11 is 0. The second-order valence-electron chi connectivity index (χ2n) is 4.05. The number of ether oxygens (including phenoxy) is 1. The molecule has 16 heavy (non-hydrogen) atoms. The van der Waals surface area contributed by atoms with Crippen LogP contribution in [0.2, 0.25) is 0 Å². The lowest BCUT2D eigenvalue weighted by atomic mass is 10.0. The van der Waals surface area contributed by atoms with Crippen molar-refractivity contribution in [2.45, 2.75) is 26.7 Å². The molecule has 0 aromatic carbocycles. The number of hydrogen-bond acceptors (Lipinski definition) is 3. The summed E-state index contributed by atoms with van der Waals surface area (Å²) < 4.78 is 33.0. The second kappa shape index (κ2) is 6.54. The smallest absolute Gasteiger partial charge is 0.279 e. The van der Waals surface area contributed by atoms with Gasteiger partial charge in [-0.3, -0.25) is 0 Å². The van der Waals surface area contributed by atoms with Crippen LogP contribution in [0.3, 0.4) is 0 Å². The van der Waals surface area contributed by atoms with E-state index in [0.29, 0.717) is 38.8 Å². The van der Waals surface area contributed by atoms with Crippen LogP contribution in [-0.2, 0) is 14.9 Å². The number of nitrogens with zero attached hydrogens (tertiary/aromatic N) is 1. The van der Waals surface area contributed by atoms with E-state index in [4.69, 9.17) is 4.74 Å². The third-order valence-corrected chi connectivity index (χ3v) is 4.60. The van der Waals surface area contributed by atoms with Gasteiger partial charge < -0.3 is 4.74 Å². The molecule has 1 aliphatic rings. The van der Waals surface area contributed by atoms with Crippen LogP contribution in [0.5, 0.6) is 0 Å². The van der Waals surface area contributed by atoms with Crippen molar-refractivity contribution in [2.24, 2.45) is 5.92 Å². The van der Waals surface area contributed by atoms with E-state index >= 15 is 0 Å². The Hall–Kier alpha value is -0.170. The summed E-state index contributed by atoms with van der Waals surface area (Å²) in [7, 11) is -3.30. The highest BCUT2D eigenvalue weighted by molar-refractivity contribution is 7.87. The molecular formula is C10H22N2O3S. The Morgan fingerprint density at radius 1 is 1.25 bits per heavy atom. The number of rotatable bonds is 6. The molecule has 0 aromatic rings. The minimum Gasteiger partial charge on any atom is -0.379 e. The van der Waals surface area contributed by atoms with Crippen LogP contribution in [0, 0.1) is 5.92 Å². The summed E-state index contributed by atoms with van der Waals surface area (Å²) in [6, 6.07) is 0. The third kappa shape index (κ3) is 4.01. The first kappa shape index (κ1) is 13.9. The van der Waals surface area contributed by atoms with E-state index in [1.165, 1.54) is 4.31 Å². The third-order valence-electron chi connectivity index (χ3n) is 3.02. The van der Waals surface area contributed by atoms with Crippen LogP contribution in [0.1, 0.15) is 26.7 Å². The Bertz CT molecular complexity index is 282. The van der Waals surface area contributed by atoms with Gasteiger partial charge in [0.05, 0.1) is 13.2 Å². The zero-order valence-corrected chi connectivity index (χ0v) is 10.9. The molecule has 1 saturated heterocycles. The molecule has 0 unspecified atom stereocenters. The van der Waals surface area contributed by atoms with Gasteiger partial charge in [0.25, 0.3) is 10.2 Å². The van der Waals surface area contributed by atoms with Gasteiger partial charge in [0.2, 0.25) is 0 Å². The molecule has 0 radical (unpaired) electrons. The van der Waals surface area contributed by atoms with Crippen LogP contribution >= 0.6 is 0 Å². The number of hydrogen-bond donors (Lipinski definition) is 1. The molecule has 6 heteroatoms. The molecule has 0 atom stereocenters. The molecule has 0 spiro atoms. The molecule has 0 amide bonds. The molecule has 1 N–H and O–H groups in total. The van der Waals surface area contributed by atoms with Crippen molar-refractivity contribution < 1.29 is 13.2 Å². The minimum absolute atomic E-state index is 0.427. The normalized spacial score (nSPS) is 19.2. The number of nitrogens with one attached hydrogen (secondary N) is 1. The molecule has 0 bridgehead atoms. The summed E-state index contributed by atoms with van der Waals surface area (Å²) in [6.45, 7) is 6.59. The van der Waals surface area contributed by atoms with E-state index in [0.717, 1.165) is 12.8 Å². The summed E-state index contributed by atoms with van der Waals surface area (Å²) in [5.41, 5.74) is 0. The quantitative estimate of drug-likeness (QED) is 0.750. The fourth-order valence-electron chi connectivity index (χ4n) is 1.68. The largest absolute Gasteiger partial charge is 0.379 e. The van der Waals surface area contributed by atoms with Crippen molar-refractivity contribution in [3.63, 3.8) is 0 Å². The van der Waals surface area contributed by atoms with Gasteiger partial charge in [-0.05, 0) is 5.92 Å². The first-order chi connectivity index (χ1) is 7.60. The van der Waals surface area contributed by atoms with Crippen molar-refractivity contribution in [3.05, 3.63) is 0 Å². The molecule has 5 nitrogen and oxygen atoms in total. The van der Waals surface area contributed by atoms with E-state index in [9.17, 15) is 8.42 Å². The predicted octanol–water partition coefficient (Wildman–Crippen LogP) is 0.589. The molecular weight excluding hydrogens is 228 g/mol. The highest BCUT2D eigenvalue weighted by atomic mass is 32.2. The molecule has 1 fully saturated rings. The van der Waals surface area contributed by atoms with Crippen molar-refractivity contribution in [1.29, 1.82) is 0 Å². The van der Waals surface area contributed by atoms with E-state index in [1.807, 2.05) is 0 Å². The summed E-state index contributed by atoms with van der Waals surface area (Å²) in [6.07, 6.45) is 2.00. The zero-order chi connectivity index (χ0) is 12.0. The molecule has 1 heterocycles.